The van der Waals surface area contributed by atoms with Gasteiger partial charge in [-0.1, -0.05) is 0 Å². The van der Waals surface area contributed by atoms with E-state index >= 15 is 0 Å². The second-order valence-electron chi connectivity index (χ2n) is 4.49. The zero-order valence-corrected chi connectivity index (χ0v) is 12.0. The van der Waals surface area contributed by atoms with Gasteiger partial charge in [0.05, 0.1) is 5.56 Å². The van der Waals surface area contributed by atoms with Crippen LogP contribution in [0.25, 0.3) is 6.08 Å². The van der Waals surface area contributed by atoms with Crippen LogP contribution in [-0.2, 0) is 9.53 Å². The number of unbranched alkanes of at least 4 members (excludes halogenated alkanes) is 2. The number of nitrogens with one attached hydrogen (secondary N) is 1. The Balaban J connectivity index is 2.43. The van der Waals surface area contributed by atoms with Crippen molar-refractivity contribution in [3.8, 4) is 0 Å². The van der Waals surface area contributed by atoms with Gasteiger partial charge in [0.25, 0.3) is 5.91 Å². The van der Waals surface area contributed by atoms with E-state index in [9.17, 15) is 9.59 Å². The lowest BCUT2D eigenvalue weighted by molar-refractivity contribution is -0.131. The number of nitrogens with zero attached hydrogens (tertiary/aromatic N) is 1. The van der Waals surface area contributed by atoms with Crippen molar-refractivity contribution < 1.29 is 19.4 Å². The summed E-state index contributed by atoms with van der Waals surface area (Å²) in [5.74, 6) is -1.25. The van der Waals surface area contributed by atoms with Crippen LogP contribution in [-0.4, -0.2) is 42.2 Å². The first-order valence-corrected chi connectivity index (χ1v) is 6.76. The van der Waals surface area contributed by atoms with Crippen molar-refractivity contribution in [2.45, 2.75) is 19.3 Å². The highest BCUT2D eigenvalue weighted by Crippen LogP contribution is 2.05. The van der Waals surface area contributed by atoms with Crippen molar-refractivity contribution >= 4 is 18.0 Å². The zero-order valence-electron chi connectivity index (χ0n) is 12.0. The number of carbonyl (C=O) groups is 2. The van der Waals surface area contributed by atoms with Gasteiger partial charge in [0, 0.05) is 38.7 Å². The Morgan fingerprint density at radius 2 is 2.14 bits per heavy atom. The van der Waals surface area contributed by atoms with Crippen molar-refractivity contribution in [1.82, 2.24) is 10.3 Å². The van der Waals surface area contributed by atoms with Crippen molar-refractivity contribution in [2.24, 2.45) is 0 Å². The van der Waals surface area contributed by atoms with Crippen molar-refractivity contribution in [3.05, 3.63) is 35.7 Å². The highest BCUT2D eigenvalue weighted by molar-refractivity contribution is 5.94. The van der Waals surface area contributed by atoms with Crippen molar-refractivity contribution in [1.29, 1.82) is 0 Å². The molecule has 0 spiro atoms. The van der Waals surface area contributed by atoms with Gasteiger partial charge in [-0.2, -0.15) is 0 Å². The second kappa shape index (κ2) is 9.66. The topological polar surface area (TPSA) is 88.5 Å². The fourth-order valence-corrected chi connectivity index (χ4v) is 1.69. The normalized spacial score (nSPS) is 10.7. The first-order valence-electron chi connectivity index (χ1n) is 6.76. The molecule has 114 valence electrons. The van der Waals surface area contributed by atoms with Crippen LogP contribution >= 0.6 is 0 Å². The molecule has 0 atom stereocenters. The van der Waals surface area contributed by atoms with Crippen molar-refractivity contribution in [3.63, 3.8) is 0 Å². The molecular formula is C15H20N2O4. The highest BCUT2D eigenvalue weighted by Gasteiger charge is 2.05. The number of carboxylic acids is 1. The summed E-state index contributed by atoms with van der Waals surface area (Å²) >= 11 is 0. The smallest absolute Gasteiger partial charge is 0.328 e. The third kappa shape index (κ3) is 7.22. The Morgan fingerprint density at radius 1 is 1.33 bits per heavy atom. The van der Waals surface area contributed by atoms with E-state index in [0.717, 1.165) is 31.9 Å². The molecule has 0 fully saturated rings. The largest absolute Gasteiger partial charge is 0.478 e. The number of hydrogen-bond acceptors (Lipinski definition) is 4. The molecule has 1 aromatic heterocycles. The number of aliphatic carboxylic acids is 1. The number of carboxylic acid groups (broad SMARTS) is 1. The fraction of sp³-hybridized carbons (Fsp3) is 0.400. The van der Waals surface area contributed by atoms with Crippen LogP contribution in [0.2, 0.25) is 0 Å². The van der Waals surface area contributed by atoms with Crippen LogP contribution in [0.1, 0.15) is 35.2 Å². The lowest BCUT2D eigenvalue weighted by atomic mass is 10.2. The van der Waals surface area contributed by atoms with E-state index in [0.29, 0.717) is 17.7 Å². The molecule has 0 bridgehead atoms. The molecule has 1 aromatic rings. The molecule has 0 aliphatic rings. The standard InChI is InChI=1S/C15H20N2O4/c1-21-8-4-2-3-7-17-15(20)13-9-12(10-16-11-13)5-6-14(18)19/h5-6,9-11H,2-4,7-8H2,1H3,(H,17,20)(H,18,19)/b6-5+. The molecular weight excluding hydrogens is 272 g/mol. The number of methoxy groups -OCH3 is 1. The second-order valence-corrected chi connectivity index (χ2v) is 4.49. The fourth-order valence-electron chi connectivity index (χ4n) is 1.69. The van der Waals surface area contributed by atoms with E-state index in [2.05, 4.69) is 10.3 Å². The van der Waals surface area contributed by atoms with Gasteiger partial charge in [0.15, 0.2) is 0 Å². The zero-order chi connectivity index (χ0) is 15.5. The van der Waals surface area contributed by atoms with E-state index < -0.39 is 5.97 Å². The van der Waals surface area contributed by atoms with Crippen LogP contribution < -0.4 is 5.32 Å². The quantitative estimate of drug-likeness (QED) is 0.534. The molecule has 6 nitrogen and oxygen atoms in total. The lowest BCUT2D eigenvalue weighted by Crippen LogP contribution is -2.24. The number of aromatic nitrogens is 1. The van der Waals surface area contributed by atoms with Gasteiger partial charge in [-0.15, -0.1) is 0 Å². The van der Waals surface area contributed by atoms with Crippen LogP contribution in [0.15, 0.2) is 24.5 Å². The number of rotatable bonds is 9. The predicted octanol–water partition coefficient (Wildman–Crippen LogP) is 1.73. The van der Waals surface area contributed by atoms with Crippen LogP contribution in [0, 0.1) is 0 Å². The van der Waals surface area contributed by atoms with Crippen LogP contribution in [0.3, 0.4) is 0 Å². The molecule has 21 heavy (non-hydrogen) atoms. The van der Waals surface area contributed by atoms with E-state index in [4.69, 9.17) is 9.84 Å². The summed E-state index contributed by atoms with van der Waals surface area (Å²) in [5.41, 5.74) is 0.990. The summed E-state index contributed by atoms with van der Waals surface area (Å²) in [6.07, 6.45) is 8.23. The summed E-state index contributed by atoms with van der Waals surface area (Å²) in [6.45, 7) is 1.33. The van der Waals surface area contributed by atoms with E-state index in [1.54, 1.807) is 13.2 Å². The first-order chi connectivity index (χ1) is 10.1. The van der Waals surface area contributed by atoms with Gasteiger partial charge in [0.1, 0.15) is 0 Å². The van der Waals surface area contributed by atoms with Gasteiger partial charge in [-0.3, -0.25) is 9.78 Å². The van der Waals surface area contributed by atoms with Crippen LogP contribution in [0.5, 0.6) is 0 Å². The van der Waals surface area contributed by atoms with Gasteiger partial charge >= 0.3 is 5.97 Å². The maximum atomic E-state index is 11.9. The summed E-state index contributed by atoms with van der Waals surface area (Å²) in [4.78, 5) is 26.3. The number of carbonyl (C=O) groups excluding carboxylic acids is 1. The SMILES string of the molecule is COCCCCCNC(=O)c1cncc(/C=C/C(=O)O)c1. The molecule has 1 heterocycles. The summed E-state index contributed by atoms with van der Waals surface area (Å²) in [5, 5.41) is 11.4. The van der Waals surface area contributed by atoms with E-state index in [1.807, 2.05) is 0 Å². The molecule has 2 N–H and O–H groups in total. The number of ether oxygens (including phenoxy) is 1. The molecule has 6 heteroatoms. The molecule has 0 aliphatic carbocycles. The minimum atomic E-state index is -1.04. The number of amides is 1. The molecule has 1 rings (SSSR count). The monoisotopic (exact) mass is 292 g/mol. The molecule has 0 aliphatic heterocycles. The minimum Gasteiger partial charge on any atom is -0.478 e. The molecule has 0 saturated carbocycles. The highest BCUT2D eigenvalue weighted by atomic mass is 16.5. The van der Waals surface area contributed by atoms with E-state index in [1.165, 1.54) is 18.5 Å². The van der Waals surface area contributed by atoms with Gasteiger partial charge in [-0.05, 0) is 37.0 Å². The lowest BCUT2D eigenvalue weighted by Gasteiger charge is -2.05. The summed E-state index contributed by atoms with van der Waals surface area (Å²) < 4.78 is 4.95. The van der Waals surface area contributed by atoms with E-state index in [-0.39, 0.29) is 5.91 Å². The Labute approximate surface area is 123 Å². The maximum Gasteiger partial charge on any atom is 0.328 e. The first kappa shape index (κ1) is 16.8. The molecule has 0 aromatic carbocycles. The molecule has 1 amide bonds. The Hall–Kier alpha value is -2.21. The molecule has 0 unspecified atom stereocenters. The third-order valence-corrected chi connectivity index (χ3v) is 2.75. The predicted molar refractivity (Wildman–Crippen MR) is 79.0 cm³/mol. The van der Waals surface area contributed by atoms with Gasteiger partial charge < -0.3 is 15.2 Å². The molecule has 0 saturated heterocycles. The Kier molecular flexibility index (Phi) is 7.74. The minimum absolute atomic E-state index is 0.209. The summed E-state index contributed by atoms with van der Waals surface area (Å²) in [7, 11) is 1.67. The maximum absolute atomic E-state index is 11.9. The average Bonchev–Trinajstić information content (AvgIpc) is 2.48. The average molecular weight is 292 g/mol. The molecule has 0 radical (unpaired) electrons. The Bertz CT molecular complexity index is 500. The number of pyridine rings is 1. The van der Waals surface area contributed by atoms with Crippen molar-refractivity contribution in [2.75, 3.05) is 20.3 Å². The van der Waals surface area contributed by atoms with Gasteiger partial charge in [0.2, 0.25) is 0 Å². The van der Waals surface area contributed by atoms with Crippen LogP contribution in [0.4, 0.5) is 0 Å². The number of hydrogen-bond donors (Lipinski definition) is 2. The Morgan fingerprint density at radius 3 is 2.86 bits per heavy atom. The summed E-state index contributed by atoms with van der Waals surface area (Å²) in [6, 6.07) is 1.60. The van der Waals surface area contributed by atoms with Gasteiger partial charge in [-0.25, -0.2) is 4.79 Å². The third-order valence-electron chi connectivity index (χ3n) is 2.75.